The lowest BCUT2D eigenvalue weighted by Crippen LogP contribution is -2.17. The predicted molar refractivity (Wildman–Crippen MR) is 144 cm³/mol. The molecule has 0 bridgehead atoms. The molecule has 178 valence electrons. The van der Waals surface area contributed by atoms with E-state index in [0.29, 0.717) is 12.2 Å². The molecule has 1 aromatic heterocycles. The lowest BCUT2D eigenvalue weighted by Gasteiger charge is -2.30. The molecule has 0 saturated heterocycles. The number of thiazole rings is 1. The highest BCUT2D eigenvalue weighted by Gasteiger charge is 2.26. The van der Waals surface area contributed by atoms with Crippen LogP contribution in [0.25, 0.3) is 26.9 Å². The van der Waals surface area contributed by atoms with Gasteiger partial charge >= 0.3 is 5.97 Å². The molecule has 36 heavy (non-hydrogen) atoms. The van der Waals surface area contributed by atoms with Gasteiger partial charge in [-0.1, -0.05) is 50.8 Å². The van der Waals surface area contributed by atoms with Gasteiger partial charge in [0.25, 0.3) is 0 Å². The Balaban J connectivity index is 1.84. The van der Waals surface area contributed by atoms with Crippen LogP contribution in [0, 0.1) is 35.0 Å². The van der Waals surface area contributed by atoms with Crippen LogP contribution in [0.5, 0.6) is 5.75 Å². The first-order valence-corrected chi connectivity index (χ1v) is 12.3. The van der Waals surface area contributed by atoms with E-state index < -0.39 is 5.97 Å². The van der Waals surface area contributed by atoms with Crippen molar-refractivity contribution in [3.8, 4) is 28.5 Å². The molecule has 0 saturated carbocycles. The highest BCUT2D eigenvalue weighted by molar-refractivity contribution is 7.21. The van der Waals surface area contributed by atoms with Gasteiger partial charge in [-0.05, 0) is 66.2 Å². The first kappa shape index (κ1) is 24.9. The Morgan fingerprint density at radius 3 is 2.61 bits per heavy atom. The summed E-state index contributed by atoms with van der Waals surface area (Å²) in [6, 6.07) is 15.8. The van der Waals surface area contributed by atoms with E-state index in [0.717, 1.165) is 55.6 Å². The summed E-state index contributed by atoms with van der Waals surface area (Å²) < 4.78 is 6.80. The standard InChI is InChI=1S/C30H25N3O2S/c1-5-27(34)35-28-21(11-10-20-14-22(23(17-31)18-32)16-30(3,4)15-20)12-19(2)13-24(28)29-33-25-8-6-7-9-26(25)36-29/h5-14H,1,15-16H2,2-4H3/b11-10+. The highest BCUT2D eigenvalue weighted by atomic mass is 32.1. The molecule has 0 amide bonds. The van der Waals surface area contributed by atoms with Gasteiger partial charge in [-0.25, -0.2) is 9.78 Å². The number of esters is 1. The second-order valence-corrected chi connectivity index (χ2v) is 10.6. The van der Waals surface area contributed by atoms with Gasteiger partial charge in [0.2, 0.25) is 0 Å². The molecule has 6 heteroatoms. The van der Waals surface area contributed by atoms with Crippen molar-refractivity contribution in [1.29, 1.82) is 10.5 Å². The summed E-state index contributed by atoms with van der Waals surface area (Å²) in [5, 5.41) is 19.5. The van der Waals surface area contributed by atoms with E-state index in [1.165, 1.54) is 11.3 Å². The number of hydrogen-bond acceptors (Lipinski definition) is 6. The average molecular weight is 492 g/mol. The zero-order valence-corrected chi connectivity index (χ0v) is 21.3. The number of carbonyl (C=O) groups excluding carboxylic acids is 1. The maximum Gasteiger partial charge on any atom is 0.335 e. The first-order valence-electron chi connectivity index (χ1n) is 11.5. The van der Waals surface area contributed by atoms with E-state index in [-0.39, 0.29) is 11.0 Å². The molecule has 1 aliphatic rings. The Labute approximate surface area is 215 Å². The normalized spacial score (nSPS) is 14.7. The SMILES string of the molecule is C=CC(=O)Oc1c(/C=C/C2=CC(=C(C#N)C#N)CC(C)(C)C2)cc(C)cc1-c1nc2ccccc2s1. The predicted octanol–water partition coefficient (Wildman–Crippen LogP) is 7.47. The molecule has 3 aromatic rings. The molecule has 2 aromatic carbocycles. The van der Waals surface area contributed by atoms with Crippen molar-refractivity contribution >= 4 is 33.6 Å². The van der Waals surface area contributed by atoms with Crippen LogP contribution >= 0.6 is 11.3 Å². The highest BCUT2D eigenvalue weighted by Crippen LogP contribution is 2.42. The maximum absolute atomic E-state index is 12.3. The van der Waals surface area contributed by atoms with Gasteiger partial charge in [-0.3, -0.25) is 0 Å². The fourth-order valence-electron chi connectivity index (χ4n) is 4.42. The molecule has 1 aliphatic carbocycles. The molecule has 0 spiro atoms. The Kier molecular flexibility index (Phi) is 7.01. The zero-order valence-electron chi connectivity index (χ0n) is 20.5. The fourth-order valence-corrected chi connectivity index (χ4v) is 5.40. The molecule has 0 atom stereocenters. The van der Waals surface area contributed by atoms with E-state index in [2.05, 4.69) is 20.4 Å². The Hall–Kier alpha value is -4.26. The van der Waals surface area contributed by atoms with E-state index >= 15 is 0 Å². The van der Waals surface area contributed by atoms with Crippen LogP contribution in [0.2, 0.25) is 0 Å². The van der Waals surface area contributed by atoms with Crippen molar-refractivity contribution in [1.82, 2.24) is 4.98 Å². The second-order valence-electron chi connectivity index (χ2n) is 9.54. The van der Waals surface area contributed by atoms with Gasteiger partial charge in [-0.15, -0.1) is 11.3 Å². The quantitative estimate of drug-likeness (QED) is 0.160. The number of ether oxygens (including phenoxy) is 1. The number of allylic oxidation sites excluding steroid dienone is 5. The average Bonchev–Trinajstić information content (AvgIpc) is 3.28. The Morgan fingerprint density at radius 2 is 1.92 bits per heavy atom. The maximum atomic E-state index is 12.3. The lowest BCUT2D eigenvalue weighted by molar-refractivity contribution is -0.128. The van der Waals surface area contributed by atoms with Crippen LogP contribution in [0.3, 0.4) is 0 Å². The topological polar surface area (TPSA) is 86.8 Å². The van der Waals surface area contributed by atoms with Crippen LogP contribution in [0.15, 0.2) is 77.9 Å². The number of benzene rings is 2. The van der Waals surface area contributed by atoms with Crippen molar-refractivity contribution in [2.75, 3.05) is 0 Å². The van der Waals surface area contributed by atoms with Crippen molar-refractivity contribution in [3.63, 3.8) is 0 Å². The molecule has 0 N–H and O–H groups in total. The number of para-hydroxylation sites is 1. The molecular weight excluding hydrogens is 466 g/mol. The van der Waals surface area contributed by atoms with Crippen LogP contribution in [-0.2, 0) is 4.79 Å². The molecule has 5 nitrogen and oxygen atoms in total. The van der Waals surface area contributed by atoms with E-state index in [4.69, 9.17) is 9.72 Å². The van der Waals surface area contributed by atoms with Crippen LogP contribution in [0.4, 0.5) is 0 Å². The van der Waals surface area contributed by atoms with Crippen molar-refractivity contribution in [2.24, 2.45) is 5.41 Å². The monoisotopic (exact) mass is 491 g/mol. The van der Waals surface area contributed by atoms with Crippen LogP contribution in [-0.4, -0.2) is 11.0 Å². The minimum Gasteiger partial charge on any atom is -0.422 e. The molecule has 0 fully saturated rings. The van der Waals surface area contributed by atoms with Gasteiger partial charge in [0.05, 0.1) is 15.8 Å². The molecular formula is C30H25N3O2S. The van der Waals surface area contributed by atoms with Crippen LogP contribution < -0.4 is 4.74 Å². The van der Waals surface area contributed by atoms with Crippen molar-refractivity contribution in [3.05, 3.63) is 89.1 Å². The number of aryl methyl sites for hydroxylation is 1. The summed E-state index contributed by atoms with van der Waals surface area (Å²) in [6.07, 6.45) is 8.39. The molecule has 0 unspecified atom stereocenters. The van der Waals surface area contributed by atoms with Gasteiger partial charge in [0, 0.05) is 11.6 Å². The molecule has 4 rings (SSSR count). The summed E-state index contributed by atoms with van der Waals surface area (Å²) in [5.74, 6) is -0.131. The third kappa shape index (κ3) is 5.35. The van der Waals surface area contributed by atoms with E-state index in [9.17, 15) is 15.3 Å². The summed E-state index contributed by atoms with van der Waals surface area (Å²) in [4.78, 5) is 17.1. The lowest BCUT2D eigenvalue weighted by atomic mass is 9.74. The Morgan fingerprint density at radius 1 is 1.17 bits per heavy atom. The van der Waals surface area contributed by atoms with E-state index in [1.807, 2.05) is 73.7 Å². The van der Waals surface area contributed by atoms with Gasteiger partial charge in [-0.2, -0.15) is 10.5 Å². The fraction of sp³-hybridized carbons (Fsp3) is 0.200. The summed E-state index contributed by atoms with van der Waals surface area (Å²) in [7, 11) is 0. The number of hydrogen-bond donors (Lipinski definition) is 0. The smallest absolute Gasteiger partial charge is 0.335 e. The van der Waals surface area contributed by atoms with Gasteiger partial charge in [0.1, 0.15) is 28.5 Å². The second kappa shape index (κ2) is 10.2. The van der Waals surface area contributed by atoms with Gasteiger partial charge in [0.15, 0.2) is 0 Å². The number of fused-ring (bicyclic) bond motifs is 1. The third-order valence-electron chi connectivity index (χ3n) is 5.89. The van der Waals surface area contributed by atoms with E-state index in [1.54, 1.807) is 0 Å². The van der Waals surface area contributed by atoms with Gasteiger partial charge < -0.3 is 4.74 Å². The molecule has 0 aliphatic heterocycles. The number of carbonyl (C=O) groups is 1. The first-order chi connectivity index (χ1) is 17.2. The molecule has 0 radical (unpaired) electrons. The molecule has 1 heterocycles. The minimum absolute atomic E-state index is 0.0976. The Bertz CT molecular complexity index is 1510. The largest absolute Gasteiger partial charge is 0.422 e. The van der Waals surface area contributed by atoms with Crippen molar-refractivity contribution in [2.45, 2.75) is 33.6 Å². The summed E-state index contributed by atoms with van der Waals surface area (Å²) in [6.45, 7) is 9.78. The summed E-state index contributed by atoms with van der Waals surface area (Å²) in [5.41, 5.74) is 5.13. The van der Waals surface area contributed by atoms with Crippen LogP contribution in [0.1, 0.15) is 37.8 Å². The number of rotatable bonds is 5. The number of nitrogens with zero attached hydrogens (tertiary/aromatic N) is 3. The van der Waals surface area contributed by atoms with Crippen molar-refractivity contribution < 1.29 is 9.53 Å². The summed E-state index contributed by atoms with van der Waals surface area (Å²) >= 11 is 1.54. The third-order valence-corrected chi connectivity index (χ3v) is 6.96. The zero-order chi connectivity index (χ0) is 25.9. The number of nitriles is 2. The number of aromatic nitrogens is 1. The minimum atomic E-state index is -0.549.